The van der Waals surface area contributed by atoms with Crippen LogP contribution in [0.15, 0.2) is 97.1 Å². The second-order valence-electron chi connectivity index (χ2n) is 13.3. The van der Waals surface area contributed by atoms with Gasteiger partial charge in [0, 0.05) is 41.9 Å². The molecular formula is C41H42ClN7O5. The average molecular weight is 748 g/mol. The summed E-state index contributed by atoms with van der Waals surface area (Å²) in [7, 11) is 1.59. The third-order valence-electron chi connectivity index (χ3n) is 9.83. The summed E-state index contributed by atoms with van der Waals surface area (Å²) in [6.45, 7) is 2.96. The number of anilines is 1. The van der Waals surface area contributed by atoms with Gasteiger partial charge in [0.1, 0.15) is 23.2 Å². The van der Waals surface area contributed by atoms with E-state index in [1.54, 1.807) is 48.1 Å². The molecule has 4 aromatic carbocycles. The summed E-state index contributed by atoms with van der Waals surface area (Å²) in [6, 6.07) is 23.9. The predicted octanol–water partition coefficient (Wildman–Crippen LogP) is 5.89. The Labute approximate surface area is 318 Å². The van der Waals surface area contributed by atoms with Gasteiger partial charge < -0.3 is 25.8 Å². The highest BCUT2D eigenvalue weighted by Crippen LogP contribution is 2.38. The zero-order valence-electron chi connectivity index (χ0n) is 29.9. The van der Waals surface area contributed by atoms with E-state index in [2.05, 4.69) is 22.8 Å². The Morgan fingerprint density at radius 1 is 1.02 bits per heavy atom. The SMILES string of the molecule is COc1ccc2c(c1)C(c1ccc(Cl)cc1)NC(/C=C/C(=O)NCc1cccc(C3CCN(C(=O)c4ccc(O)c(C(N)=O)c4)CC3)c1)C(=N)N2C(C)=N. The van der Waals surface area contributed by atoms with Gasteiger partial charge in [0.25, 0.3) is 11.8 Å². The first kappa shape index (κ1) is 37.8. The number of aromatic hydroxyl groups is 1. The largest absolute Gasteiger partial charge is 0.507 e. The predicted molar refractivity (Wildman–Crippen MR) is 209 cm³/mol. The van der Waals surface area contributed by atoms with Crippen LogP contribution in [0.3, 0.4) is 0 Å². The van der Waals surface area contributed by atoms with E-state index in [4.69, 9.17) is 32.9 Å². The number of halogens is 1. The molecule has 1 saturated heterocycles. The highest BCUT2D eigenvalue weighted by Gasteiger charge is 2.33. The Kier molecular flexibility index (Phi) is 11.4. The summed E-state index contributed by atoms with van der Waals surface area (Å²) in [5, 5.41) is 34.7. The number of nitrogens with zero attached hydrogens (tertiary/aromatic N) is 2. The number of nitrogens with two attached hydrogens (primary N) is 1. The zero-order chi connectivity index (χ0) is 38.5. The molecule has 278 valence electrons. The molecule has 54 heavy (non-hydrogen) atoms. The van der Waals surface area contributed by atoms with Crippen LogP contribution in [0.4, 0.5) is 5.69 Å². The fourth-order valence-corrected chi connectivity index (χ4v) is 7.13. The number of phenols is 1. The van der Waals surface area contributed by atoms with Crippen molar-refractivity contribution in [2.75, 3.05) is 25.1 Å². The summed E-state index contributed by atoms with van der Waals surface area (Å²) in [5.74, 6) is -0.518. The standard InChI is InChI=1S/C41H42ClN7O5/c1-24(43)49-35-13-11-31(54-2)22-32(35)38(27-6-9-30(42)10-7-27)47-34(39(49)44)12-15-37(51)46-23-25-4-3-5-28(20-25)26-16-18-48(19-17-26)41(53)29-8-14-36(50)33(21-29)40(45)52/h3-15,20-22,26,34,38,43-44,47,50H,16-19,23H2,1-2H3,(H2,45,52)(H,46,51)/b15-12+,43-24?,44-39?. The van der Waals surface area contributed by atoms with E-state index in [9.17, 15) is 19.5 Å². The van der Waals surface area contributed by atoms with Crippen LogP contribution in [0.25, 0.3) is 0 Å². The summed E-state index contributed by atoms with van der Waals surface area (Å²) in [5.41, 5.74) is 9.95. The van der Waals surface area contributed by atoms with E-state index in [0.717, 1.165) is 35.1 Å². The minimum Gasteiger partial charge on any atom is -0.507 e. The normalized spacial score (nSPS) is 17.5. The Hall–Kier alpha value is -5.98. The Morgan fingerprint density at radius 2 is 1.76 bits per heavy atom. The van der Waals surface area contributed by atoms with Crippen molar-refractivity contribution in [1.29, 1.82) is 10.8 Å². The smallest absolute Gasteiger partial charge is 0.253 e. The Balaban J connectivity index is 1.11. The van der Waals surface area contributed by atoms with Crippen LogP contribution < -0.4 is 26.0 Å². The fraction of sp³-hybridized carbons (Fsp3) is 0.244. The molecule has 0 saturated carbocycles. The Morgan fingerprint density at radius 3 is 2.44 bits per heavy atom. The second-order valence-corrected chi connectivity index (χ2v) is 13.8. The molecule has 2 atom stereocenters. The molecule has 2 aliphatic rings. The summed E-state index contributed by atoms with van der Waals surface area (Å²) >= 11 is 6.21. The number of primary amides is 1. The minimum absolute atomic E-state index is 0.0876. The maximum absolute atomic E-state index is 13.2. The first-order chi connectivity index (χ1) is 25.9. The number of benzene rings is 4. The zero-order valence-corrected chi connectivity index (χ0v) is 30.7. The molecule has 13 heteroatoms. The van der Waals surface area contributed by atoms with Gasteiger partial charge in [-0.05, 0) is 90.9 Å². The van der Waals surface area contributed by atoms with Crippen LogP contribution in [0.5, 0.6) is 11.5 Å². The maximum Gasteiger partial charge on any atom is 0.253 e. The van der Waals surface area contributed by atoms with Gasteiger partial charge in [-0.1, -0.05) is 54.1 Å². The molecule has 0 radical (unpaired) electrons. The molecule has 1 fully saturated rings. The molecule has 2 unspecified atom stereocenters. The van der Waals surface area contributed by atoms with E-state index < -0.39 is 18.0 Å². The number of rotatable bonds is 9. The van der Waals surface area contributed by atoms with Crippen LogP contribution >= 0.6 is 11.6 Å². The number of fused-ring (bicyclic) bond motifs is 1. The van der Waals surface area contributed by atoms with Crippen LogP contribution in [0, 0.1) is 10.8 Å². The van der Waals surface area contributed by atoms with Crippen LogP contribution in [0.1, 0.15) is 74.7 Å². The Bertz CT molecular complexity index is 2130. The van der Waals surface area contributed by atoms with Crippen molar-refractivity contribution in [2.24, 2.45) is 5.73 Å². The van der Waals surface area contributed by atoms with Crippen LogP contribution in [-0.2, 0) is 11.3 Å². The molecule has 3 amide bonds. The number of amides is 3. The summed E-state index contributed by atoms with van der Waals surface area (Å²) in [4.78, 5) is 41.3. The van der Waals surface area contributed by atoms with Crippen molar-refractivity contribution in [1.82, 2.24) is 15.5 Å². The molecule has 4 aromatic rings. The number of methoxy groups -OCH3 is 1. The van der Waals surface area contributed by atoms with Crippen molar-refractivity contribution < 1.29 is 24.2 Å². The number of piperidine rings is 1. The fourth-order valence-electron chi connectivity index (χ4n) is 7.00. The molecule has 6 rings (SSSR count). The molecule has 7 N–H and O–H groups in total. The van der Waals surface area contributed by atoms with Crippen molar-refractivity contribution in [3.05, 3.63) is 135 Å². The number of hydrogen-bond acceptors (Lipinski definition) is 8. The molecule has 12 nitrogen and oxygen atoms in total. The third kappa shape index (κ3) is 8.30. The monoisotopic (exact) mass is 747 g/mol. The topological polar surface area (TPSA) is 185 Å². The first-order valence-electron chi connectivity index (χ1n) is 17.5. The lowest BCUT2D eigenvalue weighted by molar-refractivity contribution is -0.116. The van der Waals surface area contributed by atoms with Gasteiger partial charge in [-0.15, -0.1) is 0 Å². The van der Waals surface area contributed by atoms with Gasteiger partial charge in [-0.25, -0.2) is 0 Å². The van der Waals surface area contributed by atoms with E-state index in [-0.39, 0.29) is 47.3 Å². The van der Waals surface area contributed by atoms with Gasteiger partial charge in [0.15, 0.2) is 0 Å². The molecule has 2 heterocycles. The van der Waals surface area contributed by atoms with Crippen molar-refractivity contribution in [3.63, 3.8) is 0 Å². The molecule has 2 aliphatic heterocycles. The quantitative estimate of drug-likeness (QED) is 0.0701. The van der Waals surface area contributed by atoms with Crippen molar-refractivity contribution in [3.8, 4) is 11.5 Å². The third-order valence-corrected chi connectivity index (χ3v) is 10.1. The van der Waals surface area contributed by atoms with Crippen LogP contribution in [0.2, 0.25) is 5.02 Å². The number of carbonyl (C=O) groups excluding carboxylic acids is 3. The number of ether oxygens (including phenoxy) is 1. The number of hydrogen-bond donors (Lipinski definition) is 6. The lowest BCUT2D eigenvalue weighted by Crippen LogP contribution is -2.45. The highest BCUT2D eigenvalue weighted by atomic mass is 35.5. The van der Waals surface area contributed by atoms with Crippen LogP contribution in [-0.4, -0.2) is 65.6 Å². The number of nitrogens with one attached hydrogen (secondary N) is 4. The number of carbonyl (C=O) groups is 3. The van der Waals surface area contributed by atoms with Gasteiger partial charge in [0.2, 0.25) is 5.91 Å². The first-order valence-corrected chi connectivity index (χ1v) is 17.9. The molecule has 0 aromatic heterocycles. The van der Waals surface area contributed by atoms with Crippen molar-refractivity contribution in [2.45, 2.75) is 44.3 Å². The summed E-state index contributed by atoms with van der Waals surface area (Å²) < 4.78 is 5.52. The number of likely N-dealkylation sites (tertiary alicyclic amines) is 1. The van der Waals surface area contributed by atoms with Gasteiger partial charge in [-0.2, -0.15) is 0 Å². The second kappa shape index (κ2) is 16.4. The van der Waals surface area contributed by atoms with E-state index in [0.29, 0.717) is 35.1 Å². The average Bonchev–Trinajstić information content (AvgIpc) is 3.29. The van der Waals surface area contributed by atoms with Gasteiger partial charge in [0.05, 0.1) is 30.4 Å². The minimum atomic E-state index is -0.799. The summed E-state index contributed by atoms with van der Waals surface area (Å²) in [6.07, 6.45) is 4.53. The molecule has 0 bridgehead atoms. The highest BCUT2D eigenvalue weighted by molar-refractivity contribution is 6.30. The van der Waals surface area contributed by atoms with Gasteiger partial charge in [-0.3, -0.25) is 35.4 Å². The maximum atomic E-state index is 13.2. The molecule has 0 aliphatic carbocycles. The lowest BCUT2D eigenvalue weighted by Gasteiger charge is -2.32. The molecule has 0 spiro atoms. The molecular weight excluding hydrogens is 706 g/mol. The van der Waals surface area contributed by atoms with E-state index in [1.807, 2.05) is 36.4 Å². The lowest BCUT2D eigenvalue weighted by atomic mass is 9.88. The van der Waals surface area contributed by atoms with Gasteiger partial charge >= 0.3 is 0 Å². The van der Waals surface area contributed by atoms with E-state index >= 15 is 0 Å². The van der Waals surface area contributed by atoms with Crippen molar-refractivity contribution >= 4 is 46.7 Å². The number of amidine groups is 2. The van der Waals surface area contributed by atoms with E-state index in [1.165, 1.54) is 24.3 Å².